The zero-order chi connectivity index (χ0) is 13.4. The highest BCUT2D eigenvalue weighted by atomic mass is 79.9. The zero-order valence-electron chi connectivity index (χ0n) is 10.2. The Morgan fingerprint density at radius 1 is 1.26 bits per heavy atom. The fourth-order valence-corrected chi connectivity index (χ4v) is 3.57. The Morgan fingerprint density at radius 2 is 2.00 bits per heavy atom. The van der Waals surface area contributed by atoms with Gasteiger partial charge in [0.25, 0.3) is 0 Å². The normalized spacial score (nSPS) is 12.8. The molecule has 0 saturated heterocycles. The van der Waals surface area contributed by atoms with Crippen LogP contribution in [0.3, 0.4) is 0 Å². The summed E-state index contributed by atoms with van der Waals surface area (Å²) in [6, 6.07) is 12.4. The Morgan fingerprint density at radius 3 is 2.68 bits per heavy atom. The molecule has 3 aromatic rings. The molecule has 0 fully saturated rings. The second kappa shape index (κ2) is 5.23. The van der Waals surface area contributed by atoms with Crippen molar-refractivity contribution in [2.75, 3.05) is 0 Å². The van der Waals surface area contributed by atoms with Crippen LogP contribution in [0.4, 0.5) is 0 Å². The van der Waals surface area contributed by atoms with E-state index in [1.807, 2.05) is 23.6 Å². The predicted molar refractivity (Wildman–Crippen MR) is 87.4 cm³/mol. The molecule has 0 aliphatic carbocycles. The number of aromatic nitrogens is 1. The SMILES string of the molecule is CC(Br)c1nc2scc(Cl)c2cc1-c1ccccc1. The van der Waals surface area contributed by atoms with Crippen molar-refractivity contribution in [1.82, 2.24) is 4.98 Å². The molecule has 1 aromatic carbocycles. The summed E-state index contributed by atoms with van der Waals surface area (Å²) in [6.07, 6.45) is 0. The van der Waals surface area contributed by atoms with Gasteiger partial charge in [0.05, 0.1) is 15.5 Å². The van der Waals surface area contributed by atoms with Crippen molar-refractivity contribution < 1.29 is 0 Å². The second-order valence-corrected chi connectivity index (χ2v) is 6.98. The van der Waals surface area contributed by atoms with Crippen LogP contribution in [0.2, 0.25) is 5.02 Å². The highest BCUT2D eigenvalue weighted by molar-refractivity contribution is 9.09. The first kappa shape index (κ1) is 13.1. The number of thiophene rings is 1. The molecule has 4 heteroatoms. The lowest BCUT2D eigenvalue weighted by atomic mass is 10.0. The number of pyridine rings is 1. The minimum Gasteiger partial charge on any atom is -0.240 e. The molecule has 0 amide bonds. The van der Waals surface area contributed by atoms with Gasteiger partial charge in [-0.15, -0.1) is 11.3 Å². The summed E-state index contributed by atoms with van der Waals surface area (Å²) in [5, 5.41) is 3.75. The summed E-state index contributed by atoms with van der Waals surface area (Å²) in [7, 11) is 0. The van der Waals surface area contributed by atoms with E-state index < -0.39 is 0 Å². The van der Waals surface area contributed by atoms with Crippen LogP contribution in [0, 0.1) is 0 Å². The van der Waals surface area contributed by atoms with Crippen LogP contribution in [0.25, 0.3) is 21.3 Å². The molecule has 0 aliphatic rings. The third-order valence-electron chi connectivity index (χ3n) is 3.01. The van der Waals surface area contributed by atoms with Gasteiger partial charge in [0, 0.05) is 16.3 Å². The van der Waals surface area contributed by atoms with Gasteiger partial charge in [0.1, 0.15) is 4.83 Å². The second-order valence-electron chi connectivity index (χ2n) is 4.34. The van der Waals surface area contributed by atoms with Gasteiger partial charge >= 0.3 is 0 Å². The van der Waals surface area contributed by atoms with E-state index in [2.05, 4.69) is 41.1 Å². The number of hydrogen-bond acceptors (Lipinski definition) is 2. The number of rotatable bonds is 2. The zero-order valence-corrected chi connectivity index (χ0v) is 13.4. The molecule has 0 radical (unpaired) electrons. The first-order chi connectivity index (χ1) is 9.16. The van der Waals surface area contributed by atoms with Gasteiger partial charge < -0.3 is 0 Å². The monoisotopic (exact) mass is 351 g/mol. The molecule has 1 nitrogen and oxygen atoms in total. The topological polar surface area (TPSA) is 12.9 Å². The average Bonchev–Trinajstić information content (AvgIpc) is 2.79. The summed E-state index contributed by atoms with van der Waals surface area (Å²) < 4.78 is 0. The third kappa shape index (κ3) is 2.42. The van der Waals surface area contributed by atoms with Crippen molar-refractivity contribution in [2.45, 2.75) is 11.8 Å². The summed E-state index contributed by atoms with van der Waals surface area (Å²) in [5.41, 5.74) is 3.36. The minimum atomic E-state index is 0.202. The fourth-order valence-electron chi connectivity index (χ4n) is 2.09. The molecule has 96 valence electrons. The van der Waals surface area contributed by atoms with Gasteiger partial charge in [0.15, 0.2) is 0 Å². The van der Waals surface area contributed by atoms with Crippen LogP contribution >= 0.6 is 38.9 Å². The molecule has 3 rings (SSSR count). The maximum Gasteiger partial charge on any atom is 0.125 e. The Hall–Kier alpha value is -0.900. The van der Waals surface area contributed by atoms with Crippen LogP contribution < -0.4 is 0 Å². The molecule has 0 spiro atoms. The van der Waals surface area contributed by atoms with Gasteiger partial charge in [-0.2, -0.15) is 0 Å². The number of benzene rings is 1. The molecule has 19 heavy (non-hydrogen) atoms. The standard InChI is InChI=1S/C15H11BrClNS/c1-9(16)14-11(10-5-3-2-4-6-10)7-12-13(17)8-19-15(12)18-14/h2-9H,1H3. The number of alkyl halides is 1. The van der Waals surface area contributed by atoms with Crippen molar-refractivity contribution in [3.05, 3.63) is 52.5 Å². The number of hydrogen-bond donors (Lipinski definition) is 0. The van der Waals surface area contributed by atoms with E-state index in [9.17, 15) is 0 Å². The van der Waals surface area contributed by atoms with E-state index in [1.165, 1.54) is 5.56 Å². The predicted octanol–water partition coefficient (Wildman–Crippen LogP) is 6.07. The lowest BCUT2D eigenvalue weighted by molar-refractivity contribution is 1.05. The van der Waals surface area contributed by atoms with Gasteiger partial charge in [-0.25, -0.2) is 4.98 Å². The molecule has 0 N–H and O–H groups in total. The summed E-state index contributed by atoms with van der Waals surface area (Å²) in [4.78, 5) is 5.95. The molecular weight excluding hydrogens is 342 g/mol. The molecule has 1 atom stereocenters. The molecule has 0 bridgehead atoms. The Bertz CT molecular complexity index is 722. The number of nitrogens with zero attached hydrogens (tertiary/aromatic N) is 1. The third-order valence-corrected chi connectivity index (χ3v) is 4.77. The summed E-state index contributed by atoms with van der Waals surface area (Å²) >= 11 is 11.4. The lowest BCUT2D eigenvalue weighted by Gasteiger charge is -2.11. The molecule has 1 unspecified atom stereocenters. The quantitative estimate of drug-likeness (QED) is 0.510. The highest BCUT2D eigenvalue weighted by Crippen LogP contribution is 2.37. The van der Waals surface area contributed by atoms with Crippen molar-refractivity contribution >= 4 is 49.1 Å². The van der Waals surface area contributed by atoms with E-state index in [1.54, 1.807) is 11.3 Å². The Kier molecular flexibility index (Phi) is 3.61. The largest absolute Gasteiger partial charge is 0.240 e. The average molecular weight is 353 g/mol. The number of halogens is 2. The van der Waals surface area contributed by atoms with Crippen molar-refractivity contribution in [3.8, 4) is 11.1 Å². The number of fused-ring (bicyclic) bond motifs is 1. The Labute approximate surface area is 129 Å². The Balaban J connectivity index is 2.31. The molecule has 2 aromatic heterocycles. The van der Waals surface area contributed by atoms with Crippen LogP contribution in [0.15, 0.2) is 41.8 Å². The van der Waals surface area contributed by atoms with E-state index >= 15 is 0 Å². The summed E-state index contributed by atoms with van der Waals surface area (Å²) in [5.74, 6) is 0. The highest BCUT2D eigenvalue weighted by Gasteiger charge is 2.15. The van der Waals surface area contributed by atoms with E-state index in [0.29, 0.717) is 0 Å². The van der Waals surface area contributed by atoms with Crippen LogP contribution in [0.5, 0.6) is 0 Å². The molecule has 2 heterocycles. The van der Waals surface area contributed by atoms with Crippen molar-refractivity contribution in [3.63, 3.8) is 0 Å². The first-order valence-corrected chi connectivity index (χ1v) is 8.11. The molecule has 0 saturated carbocycles. The lowest BCUT2D eigenvalue weighted by Crippen LogP contribution is -1.94. The fraction of sp³-hybridized carbons (Fsp3) is 0.133. The van der Waals surface area contributed by atoms with E-state index in [-0.39, 0.29) is 4.83 Å². The maximum atomic E-state index is 6.22. The van der Waals surface area contributed by atoms with E-state index in [4.69, 9.17) is 16.6 Å². The van der Waals surface area contributed by atoms with Gasteiger partial charge in [-0.3, -0.25) is 0 Å². The smallest absolute Gasteiger partial charge is 0.125 e. The van der Waals surface area contributed by atoms with E-state index in [0.717, 1.165) is 26.5 Å². The van der Waals surface area contributed by atoms with Crippen molar-refractivity contribution in [1.29, 1.82) is 0 Å². The summed E-state index contributed by atoms with van der Waals surface area (Å²) in [6.45, 7) is 2.09. The molecular formula is C15H11BrClNS. The van der Waals surface area contributed by atoms with Crippen molar-refractivity contribution in [2.24, 2.45) is 0 Å². The van der Waals surface area contributed by atoms with Crippen LogP contribution in [-0.2, 0) is 0 Å². The maximum absolute atomic E-state index is 6.22. The van der Waals surface area contributed by atoms with Gasteiger partial charge in [0.2, 0.25) is 0 Å². The van der Waals surface area contributed by atoms with Gasteiger partial charge in [-0.1, -0.05) is 57.9 Å². The van der Waals surface area contributed by atoms with Crippen LogP contribution in [-0.4, -0.2) is 4.98 Å². The minimum absolute atomic E-state index is 0.202. The van der Waals surface area contributed by atoms with Crippen LogP contribution in [0.1, 0.15) is 17.4 Å². The first-order valence-electron chi connectivity index (χ1n) is 5.94. The van der Waals surface area contributed by atoms with Gasteiger partial charge in [-0.05, 0) is 18.6 Å². The molecule has 0 aliphatic heterocycles.